The fraction of sp³-hybridized carbons (Fsp3) is 0.800. The van der Waals surface area contributed by atoms with Crippen molar-refractivity contribution in [2.24, 2.45) is 5.92 Å². The van der Waals surface area contributed by atoms with E-state index >= 15 is 0 Å². The predicted octanol–water partition coefficient (Wildman–Crippen LogP) is 7.54. The molecular formula is C20H36S. The van der Waals surface area contributed by atoms with Gasteiger partial charge in [-0.15, -0.1) is 11.3 Å². The smallest absolute Gasteiger partial charge is 0.0107 e. The summed E-state index contributed by atoms with van der Waals surface area (Å²) in [6, 6.07) is 4.87. The lowest BCUT2D eigenvalue weighted by Crippen LogP contribution is -2.18. The first kappa shape index (κ1) is 18.7. The molecule has 0 saturated heterocycles. The van der Waals surface area contributed by atoms with Crippen LogP contribution in [0.4, 0.5) is 0 Å². The van der Waals surface area contributed by atoms with Crippen LogP contribution >= 0.6 is 11.3 Å². The van der Waals surface area contributed by atoms with Crippen LogP contribution in [-0.2, 0) is 5.41 Å². The highest BCUT2D eigenvalue weighted by Gasteiger charge is 2.27. The Hall–Kier alpha value is -0.300. The maximum absolute atomic E-state index is 2.45. The van der Waals surface area contributed by atoms with Gasteiger partial charge < -0.3 is 0 Å². The summed E-state index contributed by atoms with van der Waals surface area (Å²) >= 11 is 2.11. The molecule has 1 aromatic heterocycles. The first-order valence-electron chi connectivity index (χ1n) is 9.12. The van der Waals surface area contributed by atoms with E-state index in [2.05, 4.69) is 65.0 Å². The van der Waals surface area contributed by atoms with Crippen LogP contribution in [0.3, 0.4) is 0 Å². The molecule has 0 nitrogen and oxygen atoms in total. The molecule has 21 heavy (non-hydrogen) atoms. The van der Waals surface area contributed by atoms with Gasteiger partial charge in [-0.1, -0.05) is 67.2 Å². The van der Waals surface area contributed by atoms with Crippen LogP contribution in [0.1, 0.15) is 102 Å². The largest absolute Gasteiger partial charge is 0.145 e. The molecule has 0 bridgehead atoms. The summed E-state index contributed by atoms with van der Waals surface area (Å²) in [5.74, 6) is 1.59. The molecule has 0 amide bonds. The molecule has 0 aliphatic heterocycles. The van der Waals surface area contributed by atoms with Crippen LogP contribution < -0.4 is 0 Å². The lowest BCUT2D eigenvalue weighted by molar-refractivity contribution is 0.405. The summed E-state index contributed by atoms with van der Waals surface area (Å²) < 4.78 is 0. The van der Waals surface area contributed by atoms with Crippen molar-refractivity contribution in [1.29, 1.82) is 0 Å². The number of thiophene rings is 1. The van der Waals surface area contributed by atoms with Crippen molar-refractivity contribution in [2.75, 3.05) is 0 Å². The van der Waals surface area contributed by atoms with Crippen molar-refractivity contribution in [3.05, 3.63) is 21.9 Å². The van der Waals surface area contributed by atoms with Gasteiger partial charge in [0.1, 0.15) is 0 Å². The van der Waals surface area contributed by atoms with Gasteiger partial charge in [-0.05, 0) is 43.2 Å². The van der Waals surface area contributed by atoms with Gasteiger partial charge in [0.2, 0.25) is 0 Å². The Balaban J connectivity index is 2.97. The lowest BCUT2D eigenvalue weighted by atomic mass is 9.81. The molecule has 3 atom stereocenters. The van der Waals surface area contributed by atoms with Gasteiger partial charge in [-0.25, -0.2) is 0 Å². The molecule has 122 valence electrons. The highest BCUT2D eigenvalue weighted by molar-refractivity contribution is 7.12. The molecule has 0 saturated carbocycles. The Bertz CT molecular complexity index is 392. The van der Waals surface area contributed by atoms with E-state index in [4.69, 9.17) is 0 Å². The van der Waals surface area contributed by atoms with Crippen molar-refractivity contribution in [2.45, 2.75) is 97.8 Å². The summed E-state index contributed by atoms with van der Waals surface area (Å²) in [4.78, 5) is 3.26. The van der Waals surface area contributed by atoms with Gasteiger partial charge in [0.15, 0.2) is 0 Å². The quantitative estimate of drug-likeness (QED) is 0.419. The second kappa shape index (κ2) is 8.98. The number of rotatable bonds is 10. The highest BCUT2D eigenvalue weighted by Crippen LogP contribution is 2.42. The molecule has 3 unspecified atom stereocenters. The van der Waals surface area contributed by atoms with Crippen LogP contribution in [0.5, 0.6) is 0 Å². The second-order valence-corrected chi connectivity index (χ2v) is 8.14. The average molecular weight is 309 g/mol. The molecule has 1 heterocycles. The maximum atomic E-state index is 2.45. The van der Waals surface area contributed by atoms with Crippen LogP contribution in [0.15, 0.2) is 12.1 Å². The zero-order valence-electron chi connectivity index (χ0n) is 15.2. The fourth-order valence-electron chi connectivity index (χ4n) is 3.58. The van der Waals surface area contributed by atoms with Gasteiger partial charge in [0.05, 0.1) is 0 Å². The van der Waals surface area contributed by atoms with Crippen LogP contribution in [0, 0.1) is 5.92 Å². The minimum absolute atomic E-state index is 0.391. The molecule has 0 spiro atoms. The van der Waals surface area contributed by atoms with Gasteiger partial charge in [0, 0.05) is 15.2 Å². The van der Waals surface area contributed by atoms with E-state index in [1.54, 1.807) is 9.75 Å². The highest BCUT2D eigenvalue weighted by atomic mass is 32.1. The molecule has 1 rings (SSSR count). The van der Waals surface area contributed by atoms with Crippen molar-refractivity contribution in [1.82, 2.24) is 0 Å². The third-order valence-corrected chi connectivity index (χ3v) is 6.72. The Morgan fingerprint density at radius 1 is 1.00 bits per heavy atom. The summed E-state index contributed by atoms with van der Waals surface area (Å²) in [5, 5.41) is 0. The monoisotopic (exact) mass is 308 g/mol. The second-order valence-electron chi connectivity index (χ2n) is 7.03. The summed E-state index contributed by atoms with van der Waals surface area (Å²) in [5.41, 5.74) is 0.391. The first-order valence-corrected chi connectivity index (χ1v) is 9.94. The molecule has 0 aliphatic carbocycles. The standard InChI is InChI=1S/C20H36S/c1-7-11-16(5)17(12-8-2)18-13-14-19(21-18)20(6,10-4)15-9-3/h13-14,16-17H,7-12,15H2,1-6H3. The topological polar surface area (TPSA) is 0 Å². The lowest BCUT2D eigenvalue weighted by Gasteiger charge is -2.27. The van der Waals surface area contributed by atoms with E-state index in [1.807, 2.05) is 0 Å². The summed E-state index contributed by atoms with van der Waals surface area (Å²) in [6.07, 6.45) is 9.15. The molecule has 0 aromatic carbocycles. The number of hydrogen-bond donors (Lipinski definition) is 0. The molecule has 1 aromatic rings. The summed E-state index contributed by atoms with van der Waals surface area (Å²) in [6.45, 7) is 14.2. The van der Waals surface area contributed by atoms with Gasteiger partial charge in [0.25, 0.3) is 0 Å². The summed E-state index contributed by atoms with van der Waals surface area (Å²) in [7, 11) is 0. The maximum Gasteiger partial charge on any atom is 0.0107 e. The van der Waals surface area contributed by atoms with E-state index in [0.717, 1.165) is 11.8 Å². The molecule has 0 fully saturated rings. The molecule has 0 N–H and O–H groups in total. The van der Waals surface area contributed by atoms with Crippen molar-refractivity contribution in [3.63, 3.8) is 0 Å². The van der Waals surface area contributed by atoms with Crippen molar-refractivity contribution in [3.8, 4) is 0 Å². The Morgan fingerprint density at radius 2 is 1.67 bits per heavy atom. The van der Waals surface area contributed by atoms with Gasteiger partial charge in [-0.3, -0.25) is 0 Å². The normalized spacial score (nSPS) is 17.4. The fourth-order valence-corrected chi connectivity index (χ4v) is 5.10. The van der Waals surface area contributed by atoms with Crippen LogP contribution in [0.25, 0.3) is 0 Å². The molecule has 0 radical (unpaired) electrons. The minimum atomic E-state index is 0.391. The van der Waals surface area contributed by atoms with Crippen molar-refractivity contribution < 1.29 is 0 Å². The van der Waals surface area contributed by atoms with Gasteiger partial charge >= 0.3 is 0 Å². The predicted molar refractivity (Wildman–Crippen MR) is 98.6 cm³/mol. The Morgan fingerprint density at radius 3 is 2.19 bits per heavy atom. The minimum Gasteiger partial charge on any atom is -0.145 e. The molecule has 1 heteroatoms. The third kappa shape index (κ3) is 4.84. The van der Waals surface area contributed by atoms with Crippen LogP contribution in [0.2, 0.25) is 0 Å². The van der Waals surface area contributed by atoms with E-state index in [-0.39, 0.29) is 0 Å². The molecule has 0 aliphatic rings. The van der Waals surface area contributed by atoms with Crippen molar-refractivity contribution >= 4 is 11.3 Å². The Kier molecular flexibility index (Phi) is 8.02. The van der Waals surface area contributed by atoms with Crippen LogP contribution in [-0.4, -0.2) is 0 Å². The number of hydrogen-bond acceptors (Lipinski definition) is 1. The first-order chi connectivity index (χ1) is 10.0. The van der Waals surface area contributed by atoms with E-state index < -0.39 is 0 Å². The van der Waals surface area contributed by atoms with E-state index in [0.29, 0.717) is 5.41 Å². The van der Waals surface area contributed by atoms with E-state index in [9.17, 15) is 0 Å². The third-order valence-electron chi connectivity index (χ3n) is 5.20. The molecular weight excluding hydrogens is 272 g/mol. The Labute approximate surface area is 137 Å². The zero-order chi connectivity index (χ0) is 15.9. The van der Waals surface area contributed by atoms with Gasteiger partial charge in [-0.2, -0.15) is 0 Å². The average Bonchev–Trinajstić information content (AvgIpc) is 2.95. The zero-order valence-corrected chi connectivity index (χ0v) is 16.0. The SMILES string of the molecule is CCCC(C)C(CCC)c1ccc(C(C)(CC)CCC)s1. The van der Waals surface area contributed by atoms with E-state index in [1.165, 1.54) is 44.9 Å².